The highest BCUT2D eigenvalue weighted by Crippen LogP contribution is 2.18. The Kier molecular flexibility index (Phi) is 70.1. The molecule has 0 saturated carbocycles. The van der Waals surface area contributed by atoms with Gasteiger partial charge in [0.15, 0.2) is 0 Å². The van der Waals surface area contributed by atoms with Gasteiger partial charge in [0.05, 0.1) is 26.4 Å². The van der Waals surface area contributed by atoms with Crippen molar-refractivity contribution in [3.05, 3.63) is 0 Å². The molecule has 0 unspecified atom stereocenters. The van der Waals surface area contributed by atoms with E-state index in [1.807, 2.05) is 0 Å². The molecule has 0 aliphatic carbocycles. The number of methoxy groups -OCH3 is 3. The second-order valence-corrected chi connectivity index (χ2v) is 18.0. The Morgan fingerprint density at radius 1 is 0.433 bits per heavy atom. The lowest BCUT2D eigenvalue weighted by Gasteiger charge is -2.18. The predicted molar refractivity (Wildman–Crippen MR) is 280 cm³/mol. The molecule has 11 heteroatoms. The molecule has 0 rings (SSSR count). The molecule has 0 fully saturated rings. The standard InChI is InChI=1S/C25H48O3.C17H32O3.C7H15NO.C7H16O3/c1-3-5-7-9-12-16-20-24(21-17-13-10-8-6-4-2)28-25(27)22-18-14-11-15-19-23-26;1-2-3-4-5-6-7-10-13-16-20-17(19)14-11-8-9-12-15-18;1-3-8(4-2)6-5-7-9;1-8-4-7(5-9-2)6-10-3/h23-24H,3-22H2,1-2H3;15H,2-14,16H2,1H3;7H,3-6H2,1-2H3;7H,4-6H2,1-3H3. The van der Waals surface area contributed by atoms with Crippen LogP contribution in [0.25, 0.3) is 0 Å². The molecule has 0 aliphatic rings. The van der Waals surface area contributed by atoms with E-state index in [9.17, 15) is 24.0 Å². The number of esters is 2. The molecule has 0 bridgehead atoms. The lowest BCUT2D eigenvalue weighted by atomic mass is 10.0. The van der Waals surface area contributed by atoms with Crippen molar-refractivity contribution < 1.29 is 47.7 Å². The molecule has 0 aromatic heterocycles. The van der Waals surface area contributed by atoms with Crippen LogP contribution in [0.2, 0.25) is 0 Å². The van der Waals surface area contributed by atoms with Crippen LogP contribution in [0.4, 0.5) is 0 Å². The van der Waals surface area contributed by atoms with Crippen molar-refractivity contribution in [1.82, 2.24) is 4.90 Å². The highest BCUT2D eigenvalue weighted by atomic mass is 16.5. The number of hydrogen-bond acceptors (Lipinski definition) is 11. The van der Waals surface area contributed by atoms with Gasteiger partial charge >= 0.3 is 11.9 Å². The number of aldehydes is 3. The van der Waals surface area contributed by atoms with Crippen LogP contribution in [0.5, 0.6) is 0 Å². The van der Waals surface area contributed by atoms with E-state index in [1.54, 1.807) is 21.3 Å². The summed E-state index contributed by atoms with van der Waals surface area (Å²) in [6.45, 7) is 16.6. The number of rotatable bonds is 48. The van der Waals surface area contributed by atoms with Crippen LogP contribution in [-0.2, 0) is 47.7 Å². The second kappa shape index (κ2) is 65.9. The molecule has 400 valence electrons. The van der Waals surface area contributed by atoms with Gasteiger partial charge in [-0.15, -0.1) is 0 Å². The van der Waals surface area contributed by atoms with Gasteiger partial charge in [0.25, 0.3) is 0 Å². The average molecular weight is 959 g/mol. The molecule has 0 N–H and O–H groups in total. The molecule has 0 aliphatic heterocycles. The largest absolute Gasteiger partial charge is 0.466 e. The Balaban J connectivity index is -0.000000439. The summed E-state index contributed by atoms with van der Waals surface area (Å²) in [5.74, 6) is 0.261. The maximum atomic E-state index is 12.2. The van der Waals surface area contributed by atoms with Crippen LogP contribution < -0.4 is 0 Å². The summed E-state index contributed by atoms with van der Waals surface area (Å²) in [4.78, 5) is 56.2. The topological polar surface area (TPSA) is 135 Å². The van der Waals surface area contributed by atoms with Gasteiger partial charge in [-0.2, -0.15) is 0 Å². The van der Waals surface area contributed by atoms with E-state index in [0.29, 0.717) is 64.4 Å². The van der Waals surface area contributed by atoms with E-state index in [1.165, 1.54) is 122 Å². The van der Waals surface area contributed by atoms with Crippen LogP contribution in [0.1, 0.15) is 253 Å². The van der Waals surface area contributed by atoms with E-state index in [-0.39, 0.29) is 18.0 Å². The lowest BCUT2D eigenvalue weighted by Crippen LogP contribution is -2.24. The van der Waals surface area contributed by atoms with Crippen LogP contribution >= 0.6 is 0 Å². The molecule has 0 heterocycles. The van der Waals surface area contributed by atoms with Gasteiger partial charge in [0.2, 0.25) is 0 Å². The molecule has 0 radical (unpaired) electrons. The molecule has 0 aromatic carbocycles. The first-order valence-electron chi connectivity index (χ1n) is 27.6. The van der Waals surface area contributed by atoms with Gasteiger partial charge in [0.1, 0.15) is 25.0 Å². The molecule has 0 atom stereocenters. The fraction of sp³-hybridized carbons (Fsp3) is 0.911. The first-order chi connectivity index (χ1) is 32.7. The smallest absolute Gasteiger partial charge is 0.306 e. The average Bonchev–Trinajstić information content (AvgIpc) is 3.33. The van der Waals surface area contributed by atoms with Gasteiger partial charge in [-0.05, 0) is 70.9 Å². The summed E-state index contributed by atoms with van der Waals surface area (Å²) in [6.07, 6.45) is 40.1. The van der Waals surface area contributed by atoms with Gasteiger partial charge in [0, 0.05) is 65.9 Å². The number of unbranched alkanes of at least 4 members (excludes halogenated alkanes) is 24. The zero-order chi connectivity index (χ0) is 50.5. The Morgan fingerprint density at radius 2 is 0.791 bits per heavy atom. The van der Waals surface area contributed by atoms with Crippen LogP contribution in [0, 0.1) is 5.92 Å². The number of ether oxygens (including phenoxy) is 5. The zero-order valence-electron chi connectivity index (χ0n) is 45.4. The van der Waals surface area contributed by atoms with Crippen molar-refractivity contribution in [2.24, 2.45) is 5.92 Å². The first kappa shape index (κ1) is 71.3. The summed E-state index contributed by atoms with van der Waals surface area (Å²) in [5.41, 5.74) is 0. The normalized spacial score (nSPS) is 10.7. The molecule has 0 aromatic rings. The molecular weight excluding hydrogens is 847 g/mol. The van der Waals surface area contributed by atoms with Crippen molar-refractivity contribution in [2.45, 2.75) is 259 Å². The SMILES string of the molecule is CCCCCCCCC(CCCCCCCC)OC(=O)CCCCCCC=O.CCCCCCCCCCOC(=O)CCCCCC=O.CCN(CC)CCC=O.COCC(COC)COC. The van der Waals surface area contributed by atoms with Crippen LogP contribution in [0.3, 0.4) is 0 Å². The Labute approximate surface area is 414 Å². The van der Waals surface area contributed by atoms with Crippen LogP contribution in [-0.4, -0.2) is 109 Å². The minimum Gasteiger partial charge on any atom is -0.466 e. The minimum atomic E-state index is -0.0842. The summed E-state index contributed by atoms with van der Waals surface area (Å²) in [6, 6.07) is 0. The quantitative estimate of drug-likeness (QED) is 0.0328. The molecular formula is C56H111NO10. The summed E-state index contributed by atoms with van der Waals surface area (Å²) >= 11 is 0. The fourth-order valence-electron chi connectivity index (χ4n) is 7.46. The zero-order valence-corrected chi connectivity index (χ0v) is 45.4. The maximum Gasteiger partial charge on any atom is 0.306 e. The van der Waals surface area contributed by atoms with Crippen molar-refractivity contribution >= 4 is 30.8 Å². The fourth-order valence-corrected chi connectivity index (χ4v) is 7.46. The summed E-state index contributed by atoms with van der Waals surface area (Å²) in [5, 5.41) is 0. The van der Waals surface area contributed by atoms with Gasteiger partial charge in [-0.1, -0.05) is 163 Å². The molecule has 0 saturated heterocycles. The lowest BCUT2D eigenvalue weighted by molar-refractivity contribution is -0.150. The number of carbonyl (C=O) groups excluding carboxylic acids is 5. The van der Waals surface area contributed by atoms with Crippen molar-refractivity contribution in [3.63, 3.8) is 0 Å². The minimum absolute atomic E-state index is 0.0163. The number of carbonyl (C=O) groups is 5. The molecule has 0 amide bonds. The summed E-state index contributed by atoms with van der Waals surface area (Å²) < 4.78 is 25.9. The second-order valence-electron chi connectivity index (χ2n) is 18.0. The van der Waals surface area contributed by atoms with E-state index < -0.39 is 0 Å². The number of hydrogen-bond donors (Lipinski definition) is 0. The Morgan fingerprint density at radius 3 is 1.19 bits per heavy atom. The Hall–Kier alpha value is -2.21. The van der Waals surface area contributed by atoms with Crippen molar-refractivity contribution in [2.75, 3.05) is 67.4 Å². The highest BCUT2D eigenvalue weighted by Gasteiger charge is 2.14. The van der Waals surface area contributed by atoms with Crippen molar-refractivity contribution in [1.29, 1.82) is 0 Å². The van der Waals surface area contributed by atoms with Gasteiger partial charge < -0.3 is 43.0 Å². The van der Waals surface area contributed by atoms with E-state index >= 15 is 0 Å². The van der Waals surface area contributed by atoms with Crippen molar-refractivity contribution in [3.8, 4) is 0 Å². The van der Waals surface area contributed by atoms with Gasteiger partial charge in [-0.25, -0.2) is 0 Å². The maximum absolute atomic E-state index is 12.2. The molecule has 0 spiro atoms. The monoisotopic (exact) mass is 958 g/mol. The van der Waals surface area contributed by atoms with Gasteiger partial charge in [-0.3, -0.25) is 9.59 Å². The molecule has 11 nitrogen and oxygen atoms in total. The van der Waals surface area contributed by atoms with E-state index in [0.717, 1.165) is 103 Å². The third-order valence-corrected chi connectivity index (χ3v) is 11.6. The van der Waals surface area contributed by atoms with E-state index in [4.69, 9.17) is 23.7 Å². The van der Waals surface area contributed by atoms with E-state index in [2.05, 4.69) is 39.5 Å². The van der Waals surface area contributed by atoms with Crippen LogP contribution in [0.15, 0.2) is 0 Å². The number of nitrogens with zero attached hydrogens (tertiary/aromatic N) is 1. The third kappa shape index (κ3) is 65.9. The first-order valence-corrected chi connectivity index (χ1v) is 27.6. The highest BCUT2D eigenvalue weighted by molar-refractivity contribution is 5.69. The Bertz CT molecular complexity index is 949. The third-order valence-electron chi connectivity index (χ3n) is 11.6. The predicted octanol–water partition coefficient (Wildman–Crippen LogP) is 14.2. The summed E-state index contributed by atoms with van der Waals surface area (Å²) in [7, 11) is 5.04. The molecule has 67 heavy (non-hydrogen) atoms.